The fourth-order valence-corrected chi connectivity index (χ4v) is 3.23. The first-order valence-corrected chi connectivity index (χ1v) is 7.92. The minimum Gasteiger partial charge on any atom is -0.333 e. The first kappa shape index (κ1) is 14.1. The molecule has 2 amide bonds. The summed E-state index contributed by atoms with van der Waals surface area (Å²) in [6, 6.07) is 6.14. The van der Waals surface area contributed by atoms with Crippen molar-refractivity contribution < 1.29 is 9.59 Å². The lowest BCUT2D eigenvalue weighted by atomic mass is 10.1. The summed E-state index contributed by atoms with van der Waals surface area (Å²) in [5.74, 6) is 0.0137. The predicted molar refractivity (Wildman–Crippen MR) is 82.1 cm³/mol. The van der Waals surface area contributed by atoms with Gasteiger partial charge in [0.05, 0.1) is 6.54 Å². The van der Waals surface area contributed by atoms with E-state index in [0.29, 0.717) is 13.0 Å². The molecule has 1 aliphatic heterocycles. The van der Waals surface area contributed by atoms with Crippen LogP contribution >= 0.6 is 0 Å². The standard InChI is InChI=1S/C17H22N2O2/c20-16(12-19-10-3-1-2-7-17(19)21)18-15-9-8-13-5-4-6-14(13)11-15/h8-9,11H,1-7,10,12H2,(H,18,20). The van der Waals surface area contributed by atoms with Gasteiger partial charge >= 0.3 is 0 Å². The lowest BCUT2D eigenvalue weighted by molar-refractivity contribution is -0.134. The number of nitrogens with one attached hydrogen (secondary N) is 1. The highest BCUT2D eigenvalue weighted by Crippen LogP contribution is 2.24. The minimum atomic E-state index is -0.0943. The number of benzene rings is 1. The zero-order valence-electron chi connectivity index (χ0n) is 12.4. The molecular formula is C17H22N2O2. The molecule has 1 fully saturated rings. The van der Waals surface area contributed by atoms with E-state index >= 15 is 0 Å². The average molecular weight is 286 g/mol. The smallest absolute Gasteiger partial charge is 0.243 e. The van der Waals surface area contributed by atoms with E-state index in [9.17, 15) is 9.59 Å². The number of fused-ring (bicyclic) bond motifs is 1. The highest BCUT2D eigenvalue weighted by atomic mass is 16.2. The Morgan fingerprint density at radius 1 is 1.05 bits per heavy atom. The molecule has 1 saturated heterocycles. The Bertz CT molecular complexity index is 554. The molecule has 3 rings (SSSR count). The van der Waals surface area contributed by atoms with E-state index in [1.165, 1.54) is 17.5 Å². The second kappa shape index (κ2) is 6.29. The van der Waals surface area contributed by atoms with Gasteiger partial charge in [0.1, 0.15) is 0 Å². The molecule has 0 bridgehead atoms. The van der Waals surface area contributed by atoms with Gasteiger partial charge in [-0.15, -0.1) is 0 Å². The lowest BCUT2D eigenvalue weighted by Crippen LogP contribution is -2.37. The summed E-state index contributed by atoms with van der Waals surface area (Å²) in [6.07, 6.45) is 7.05. The molecular weight excluding hydrogens is 264 g/mol. The van der Waals surface area contributed by atoms with Crippen LogP contribution in [-0.4, -0.2) is 29.8 Å². The van der Waals surface area contributed by atoms with Gasteiger partial charge < -0.3 is 10.2 Å². The van der Waals surface area contributed by atoms with Gasteiger partial charge in [-0.1, -0.05) is 12.5 Å². The highest BCUT2D eigenvalue weighted by molar-refractivity contribution is 5.94. The number of nitrogens with zero attached hydrogens (tertiary/aromatic N) is 1. The third-order valence-corrected chi connectivity index (χ3v) is 4.39. The van der Waals surface area contributed by atoms with Crippen molar-refractivity contribution in [3.8, 4) is 0 Å². The summed E-state index contributed by atoms with van der Waals surface area (Å²) in [5.41, 5.74) is 3.59. The number of amides is 2. The van der Waals surface area contributed by atoms with Crippen LogP contribution in [0.15, 0.2) is 18.2 Å². The van der Waals surface area contributed by atoms with Crippen LogP contribution in [-0.2, 0) is 22.4 Å². The maximum Gasteiger partial charge on any atom is 0.243 e. The summed E-state index contributed by atoms with van der Waals surface area (Å²) >= 11 is 0. The van der Waals surface area contributed by atoms with Gasteiger partial charge in [-0.3, -0.25) is 9.59 Å². The van der Waals surface area contributed by atoms with E-state index < -0.39 is 0 Å². The Kier molecular flexibility index (Phi) is 4.23. The van der Waals surface area contributed by atoms with Crippen molar-refractivity contribution in [2.45, 2.75) is 44.9 Å². The van der Waals surface area contributed by atoms with Crippen LogP contribution in [0.1, 0.15) is 43.2 Å². The van der Waals surface area contributed by atoms with Crippen LogP contribution < -0.4 is 5.32 Å². The Morgan fingerprint density at radius 3 is 2.81 bits per heavy atom. The number of hydrogen-bond donors (Lipinski definition) is 1. The van der Waals surface area contributed by atoms with Gasteiger partial charge in [0.2, 0.25) is 11.8 Å². The molecule has 0 spiro atoms. The first-order chi connectivity index (χ1) is 10.2. The summed E-state index contributed by atoms with van der Waals surface area (Å²) in [7, 11) is 0. The van der Waals surface area contributed by atoms with Gasteiger partial charge in [0.15, 0.2) is 0 Å². The summed E-state index contributed by atoms with van der Waals surface area (Å²) in [5, 5.41) is 2.93. The zero-order valence-corrected chi connectivity index (χ0v) is 12.4. The van der Waals surface area contributed by atoms with Crippen LogP contribution in [0.2, 0.25) is 0 Å². The Morgan fingerprint density at radius 2 is 1.90 bits per heavy atom. The molecule has 1 heterocycles. The van der Waals surface area contributed by atoms with Crippen molar-refractivity contribution in [2.75, 3.05) is 18.4 Å². The number of hydrogen-bond acceptors (Lipinski definition) is 2. The van der Waals surface area contributed by atoms with E-state index in [-0.39, 0.29) is 18.4 Å². The quantitative estimate of drug-likeness (QED) is 0.928. The first-order valence-electron chi connectivity index (χ1n) is 7.92. The second-order valence-corrected chi connectivity index (χ2v) is 6.01. The molecule has 0 saturated carbocycles. The molecule has 4 nitrogen and oxygen atoms in total. The number of carbonyl (C=O) groups is 2. The Labute approximate surface area is 125 Å². The van der Waals surface area contributed by atoms with E-state index in [4.69, 9.17) is 0 Å². The Balaban J connectivity index is 1.59. The fraction of sp³-hybridized carbons (Fsp3) is 0.529. The lowest BCUT2D eigenvalue weighted by Gasteiger charge is -2.19. The molecule has 0 unspecified atom stereocenters. The van der Waals surface area contributed by atoms with E-state index in [1.807, 2.05) is 6.07 Å². The Hall–Kier alpha value is -1.84. The number of aryl methyl sites for hydroxylation is 2. The van der Waals surface area contributed by atoms with Gasteiger partial charge in [0, 0.05) is 18.7 Å². The van der Waals surface area contributed by atoms with Crippen molar-refractivity contribution in [1.29, 1.82) is 0 Å². The van der Waals surface area contributed by atoms with Crippen LogP contribution in [0.25, 0.3) is 0 Å². The van der Waals surface area contributed by atoms with Gasteiger partial charge in [-0.05, 0) is 55.4 Å². The number of carbonyl (C=O) groups excluding carboxylic acids is 2. The van der Waals surface area contributed by atoms with Gasteiger partial charge in [-0.25, -0.2) is 0 Å². The maximum absolute atomic E-state index is 12.1. The topological polar surface area (TPSA) is 49.4 Å². The monoisotopic (exact) mass is 286 g/mol. The van der Waals surface area contributed by atoms with Crippen LogP contribution in [0.4, 0.5) is 5.69 Å². The van der Waals surface area contributed by atoms with Crippen molar-refractivity contribution in [3.63, 3.8) is 0 Å². The van der Waals surface area contributed by atoms with Gasteiger partial charge in [0.25, 0.3) is 0 Å². The zero-order chi connectivity index (χ0) is 14.7. The SMILES string of the molecule is O=C(CN1CCCCCC1=O)Nc1ccc2c(c1)CCC2. The molecule has 1 aliphatic carbocycles. The number of anilines is 1. The van der Waals surface area contributed by atoms with Crippen molar-refractivity contribution in [3.05, 3.63) is 29.3 Å². The van der Waals surface area contributed by atoms with Crippen LogP contribution in [0.3, 0.4) is 0 Å². The molecule has 0 radical (unpaired) electrons. The normalized spacial score (nSPS) is 18.3. The number of likely N-dealkylation sites (tertiary alicyclic amines) is 1. The summed E-state index contributed by atoms with van der Waals surface area (Å²) < 4.78 is 0. The summed E-state index contributed by atoms with van der Waals surface area (Å²) in [4.78, 5) is 25.7. The van der Waals surface area contributed by atoms with E-state index in [0.717, 1.165) is 37.8 Å². The molecule has 112 valence electrons. The van der Waals surface area contributed by atoms with Crippen molar-refractivity contribution in [2.24, 2.45) is 0 Å². The predicted octanol–water partition coefficient (Wildman–Crippen LogP) is 2.52. The molecule has 1 aromatic rings. The molecule has 1 aromatic carbocycles. The maximum atomic E-state index is 12.1. The molecule has 2 aliphatic rings. The third kappa shape index (κ3) is 3.43. The number of rotatable bonds is 3. The molecule has 4 heteroatoms. The molecule has 0 atom stereocenters. The van der Waals surface area contributed by atoms with E-state index in [2.05, 4.69) is 17.4 Å². The minimum absolute atomic E-state index is 0.0943. The van der Waals surface area contributed by atoms with Crippen molar-refractivity contribution in [1.82, 2.24) is 4.90 Å². The van der Waals surface area contributed by atoms with Gasteiger partial charge in [-0.2, -0.15) is 0 Å². The average Bonchev–Trinajstić information content (AvgIpc) is 2.84. The second-order valence-electron chi connectivity index (χ2n) is 6.01. The largest absolute Gasteiger partial charge is 0.333 e. The molecule has 0 aromatic heterocycles. The van der Waals surface area contributed by atoms with E-state index in [1.54, 1.807) is 4.90 Å². The molecule has 21 heavy (non-hydrogen) atoms. The highest BCUT2D eigenvalue weighted by Gasteiger charge is 2.19. The van der Waals surface area contributed by atoms with Crippen molar-refractivity contribution >= 4 is 17.5 Å². The fourth-order valence-electron chi connectivity index (χ4n) is 3.23. The molecule has 1 N–H and O–H groups in total. The van der Waals surface area contributed by atoms with Crippen LogP contribution in [0, 0.1) is 0 Å². The third-order valence-electron chi connectivity index (χ3n) is 4.39. The van der Waals surface area contributed by atoms with Crippen LogP contribution in [0.5, 0.6) is 0 Å². The summed E-state index contributed by atoms with van der Waals surface area (Å²) in [6.45, 7) is 0.881.